The van der Waals surface area contributed by atoms with Crippen LogP contribution in [0.3, 0.4) is 0 Å². The van der Waals surface area contributed by atoms with Crippen molar-refractivity contribution in [1.29, 1.82) is 0 Å². The number of nitrogens with zero attached hydrogens (tertiary/aromatic N) is 1. The fraction of sp³-hybridized carbons (Fsp3) is 0.621. The molecule has 2 aromatic rings. The van der Waals surface area contributed by atoms with Crippen molar-refractivity contribution in [3.63, 3.8) is 0 Å². The van der Waals surface area contributed by atoms with Crippen LogP contribution in [0.25, 0.3) is 0 Å². The number of anilines is 1. The maximum atomic E-state index is 13.5. The zero-order chi connectivity index (χ0) is 24.9. The van der Waals surface area contributed by atoms with Crippen LogP contribution in [0.2, 0.25) is 0 Å². The molecule has 1 aromatic heterocycles. The SMILES string of the molecule is Cc1ccc(NC(=O)[C@@H]2C[C@H](C(=O)O)C[C@H]2c2noc(C3CC(CC(C)C)C3)c2C2CC2)c(C)c1. The Kier molecular flexibility index (Phi) is 6.49. The summed E-state index contributed by atoms with van der Waals surface area (Å²) >= 11 is 0. The van der Waals surface area contributed by atoms with Gasteiger partial charge in [0.25, 0.3) is 0 Å². The summed E-state index contributed by atoms with van der Waals surface area (Å²) in [4.78, 5) is 25.4. The smallest absolute Gasteiger partial charge is 0.306 e. The molecule has 0 aliphatic heterocycles. The normalized spacial score (nSPS) is 28.2. The number of carboxylic acids is 1. The summed E-state index contributed by atoms with van der Waals surface area (Å²) in [6.07, 6.45) is 6.56. The van der Waals surface area contributed by atoms with E-state index >= 15 is 0 Å². The number of aryl methyl sites for hydroxylation is 2. The van der Waals surface area contributed by atoms with Crippen LogP contribution < -0.4 is 5.32 Å². The number of benzene rings is 1. The highest BCUT2D eigenvalue weighted by Crippen LogP contribution is 2.55. The van der Waals surface area contributed by atoms with Gasteiger partial charge in [-0.1, -0.05) is 36.7 Å². The van der Waals surface area contributed by atoms with E-state index in [1.807, 2.05) is 32.0 Å². The number of aliphatic carboxylic acids is 1. The quantitative estimate of drug-likeness (QED) is 0.449. The summed E-state index contributed by atoms with van der Waals surface area (Å²) in [6, 6.07) is 5.95. The van der Waals surface area contributed by atoms with Crippen molar-refractivity contribution < 1.29 is 19.2 Å². The number of hydrogen-bond acceptors (Lipinski definition) is 4. The molecule has 3 aliphatic carbocycles. The van der Waals surface area contributed by atoms with Gasteiger partial charge in [-0.15, -0.1) is 0 Å². The molecule has 0 unspecified atom stereocenters. The molecule has 35 heavy (non-hydrogen) atoms. The van der Waals surface area contributed by atoms with Crippen LogP contribution >= 0.6 is 0 Å². The van der Waals surface area contributed by atoms with Crippen LogP contribution in [0.1, 0.15) is 105 Å². The highest BCUT2D eigenvalue weighted by molar-refractivity contribution is 5.94. The lowest BCUT2D eigenvalue weighted by atomic mass is 9.69. The van der Waals surface area contributed by atoms with Crippen LogP contribution in [0.5, 0.6) is 0 Å². The third kappa shape index (κ3) is 4.89. The number of carboxylic acid groups (broad SMARTS) is 1. The first-order valence-corrected chi connectivity index (χ1v) is 13.3. The fourth-order valence-corrected chi connectivity index (χ4v) is 6.49. The van der Waals surface area contributed by atoms with E-state index in [1.165, 1.54) is 12.0 Å². The molecule has 1 amide bonds. The zero-order valence-electron chi connectivity index (χ0n) is 21.3. The Morgan fingerprint density at radius 2 is 1.86 bits per heavy atom. The van der Waals surface area contributed by atoms with Gasteiger partial charge in [0.05, 0.1) is 11.6 Å². The van der Waals surface area contributed by atoms with Crippen LogP contribution in [-0.2, 0) is 9.59 Å². The summed E-state index contributed by atoms with van der Waals surface area (Å²) in [5.41, 5.74) is 5.00. The number of aromatic nitrogens is 1. The molecule has 0 spiro atoms. The van der Waals surface area contributed by atoms with E-state index in [0.717, 1.165) is 59.9 Å². The largest absolute Gasteiger partial charge is 0.481 e. The predicted octanol–water partition coefficient (Wildman–Crippen LogP) is 6.54. The molecule has 0 radical (unpaired) electrons. The van der Waals surface area contributed by atoms with Crippen LogP contribution in [0, 0.1) is 37.5 Å². The molecule has 3 aliphatic rings. The molecule has 6 heteroatoms. The van der Waals surface area contributed by atoms with Gasteiger partial charge >= 0.3 is 5.97 Å². The Morgan fingerprint density at radius 3 is 2.49 bits per heavy atom. The molecular weight excluding hydrogens is 440 g/mol. The minimum atomic E-state index is -0.830. The Balaban J connectivity index is 1.40. The average Bonchev–Trinajstić information content (AvgIpc) is 3.35. The Morgan fingerprint density at radius 1 is 1.11 bits per heavy atom. The second kappa shape index (κ2) is 9.44. The Labute approximate surface area is 207 Å². The summed E-state index contributed by atoms with van der Waals surface area (Å²) in [5, 5.41) is 17.5. The number of carbonyl (C=O) groups excluding carboxylic acids is 1. The first-order valence-electron chi connectivity index (χ1n) is 13.3. The molecule has 5 rings (SSSR count). The summed E-state index contributed by atoms with van der Waals surface area (Å²) in [6.45, 7) is 8.56. The van der Waals surface area contributed by atoms with Crippen LogP contribution in [0.15, 0.2) is 22.7 Å². The Hall–Kier alpha value is -2.63. The number of carbonyl (C=O) groups is 2. The molecule has 1 aromatic carbocycles. The van der Waals surface area contributed by atoms with E-state index in [0.29, 0.717) is 30.6 Å². The molecule has 6 nitrogen and oxygen atoms in total. The van der Waals surface area contributed by atoms with Crippen LogP contribution in [0.4, 0.5) is 5.69 Å². The standard InChI is InChI=1S/C29H38N2O4/c1-15(2)9-18-11-20(12-18)27-25(19-6-7-19)26(31-35-27)22-13-21(29(33)34)14-23(22)28(32)30-24-8-5-16(3)10-17(24)4/h5,8,10,15,18-23H,6-7,9,11-14H2,1-4H3,(H,30,32)(H,33,34)/t18?,20?,21-,22-,23-/m1/s1. The molecule has 3 saturated carbocycles. The molecule has 3 fully saturated rings. The Bertz CT molecular complexity index is 1110. The van der Waals surface area contributed by atoms with Gasteiger partial charge in [0.1, 0.15) is 5.76 Å². The van der Waals surface area contributed by atoms with E-state index in [1.54, 1.807) is 0 Å². The highest BCUT2D eigenvalue weighted by Gasteiger charge is 2.48. The average molecular weight is 479 g/mol. The van der Waals surface area contributed by atoms with Gasteiger partial charge in [-0.05, 0) is 88.2 Å². The number of nitrogens with one attached hydrogen (secondary N) is 1. The van der Waals surface area contributed by atoms with Crippen molar-refractivity contribution in [2.45, 2.75) is 90.4 Å². The van der Waals surface area contributed by atoms with Gasteiger partial charge < -0.3 is 14.9 Å². The molecular formula is C29H38N2O4. The third-order valence-corrected chi connectivity index (χ3v) is 8.42. The van der Waals surface area contributed by atoms with E-state index < -0.39 is 17.8 Å². The first kappa shape index (κ1) is 24.1. The first-order chi connectivity index (χ1) is 16.7. The lowest BCUT2D eigenvalue weighted by Gasteiger charge is -2.35. The maximum Gasteiger partial charge on any atom is 0.306 e. The van der Waals surface area contributed by atoms with Crippen molar-refractivity contribution in [3.8, 4) is 0 Å². The molecule has 0 saturated heterocycles. The lowest BCUT2D eigenvalue weighted by molar-refractivity contribution is -0.141. The van der Waals surface area contributed by atoms with Gasteiger partial charge in [-0.3, -0.25) is 9.59 Å². The van der Waals surface area contributed by atoms with Gasteiger partial charge in [0, 0.05) is 29.0 Å². The van der Waals surface area contributed by atoms with Gasteiger partial charge in [0.2, 0.25) is 5.91 Å². The topological polar surface area (TPSA) is 92.4 Å². The minimum Gasteiger partial charge on any atom is -0.481 e. The minimum absolute atomic E-state index is 0.113. The van der Waals surface area contributed by atoms with E-state index in [-0.39, 0.29) is 11.8 Å². The number of hydrogen-bond donors (Lipinski definition) is 2. The molecule has 188 valence electrons. The van der Waals surface area contributed by atoms with E-state index in [2.05, 4.69) is 24.3 Å². The molecule has 1 heterocycles. The van der Waals surface area contributed by atoms with E-state index in [4.69, 9.17) is 4.52 Å². The summed E-state index contributed by atoms with van der Waals surface area (Å²) < 4.78 is 6.01. The van der Waals surface area contributed by atoms with E-state index in [9.17, 15) is 14.7 Å². The highest BCUT2D eigenvalue weighted by atomic mass is 16.5. The van der Waals surface area contributed by atoms with Gasteiger partial charge in [-0.2, -0.15) is 0 Å². The van der Waals surface area contributed by atoms with Crippen molar-refractivity contribution in [2.24, 2.45) is 23.7 Å². The third-order valence-electron chi connectivity index (χ3n) is 8.42. The second-order valence-corrected chi connectivity index (χ2v) is 11.8. The van der Waals surface area contributed by atoms with Crippen molar-refractivity contribution in [1.82, 2.24) is 5.16 Å². The van der Waals surface area contributed by atoms with Gasteiger partial charge in [-0.25, -0.2) is 0 Å². The number of rotatable bonds is 8. The van der Waals surface area contributed by atoms with Crippen molar-refractivity contribution in [2.75, 3.05) is 5.32 Å². The predicted molar refractivity (Wildman–Crippen MR) is 135 cm³/mol. The maximum absolute atomic E-state index is 13.5. The molecule has 2 N–H and O–H groups in total. The summed E-state index contributed by atoms with van der Waals surface area (Å²) in [5.74, 6) is 1.20. The lowest BCUT2D eigenvalue weighted by Crippen LogP contribution is -2.26. The van der Waals surface area contributed by atoms with Crippen LogP contribution in [-0.4, -0.2) is 22.1 Å². The summed E-state index contributed by atoms with van der Waals surface area (Å²) in [7, 11) is 0. The van der Waals surface area contributed by atoms with Crippen molar-refractivity contribution in [3.05, 3.63) is 46.3 Å². The fourth-order valence-electron chi connectivity index (χ4n) is 6.49. The molecule has 0 bridgehead atoms. The monoisotopic (exact) mass is 478 g/mol. The second-order valence-electron chi connectivity index (χ2n) is 11.8. The van der Waals surface area contributed by atoms with Crippen molar-refractivity contribution >= 4 is 17.6 Å². The zero-order valence-corrected chi connectivity index (χ0v) is 21.3. The molecule has 3 atom stereocenters. The van der Waals surface area contributed by atoms with Gasteiger partial charge in [0.15, 0.2) is 0 Å². The number of amides is 1.